The van der Waals surface area contributed by atoms with Crippen molar-refractivity contribution in [2.45, 2.75) is 25.8 Å². The molecule has 0 radical (unpaired) electrons. The Bertz CT molecular complexity index is 736. The summed E-state index contributed by atoms with van der Waals surface area (Å²) in [5.41, 5.74) is 4.73. The van der Waals surface area contributed by atoms with Crippen molar-refractivity contribution in [1.82, 2.24) is 14.9 Å². The Kier molecular flexibility index (Phi) is 3.65. The van der Waals surface area contributed by atoms with E-state index in [1.54, 1.807) is 0 Å². The molecular formula is C19H21N3. The fourth-order valence-corrected chi connectivity index (χ4v) is 3.33. The third-order valence-corrected chi connectivity index (χ3v) is 4.50. The Morgan fingerprint density at radius 2 is 1.68 bits per heavy atom. The normalized spacial score (nSPS) is 16.2. The molecule has 1 fully saturated rings. The average molecular weight is 291 g/mol. The van der Waals surface area contributed by atoms with Crippen LogP contribution in [0.1, 0.15) is 24.8 Å². The fraction of sp³-hybridized carbons (Fsp3) is 0.316. The number of H-pyrrole nitrogens is 1. The van der Waals surface area contributed by atoms with Gasteiger partial charge in [0.25, 0.3) is 0 Å². The molecule has 22 heavy (non-hydrogen) atoms. The maximum atomic E-state index is 4.76. The molecule has 3 nitrogen and oxygen atoms in total. The van der Waals surface area contributed by atoms with E-state index in [0.29, 0.717) is 0 Å². The zero-order chi connectivity index (χ0) is 14.8. The summed E-state index contributed by atoms with van der Waals surface area (Å²) in [6.07, 6.45) is 4.03. The van der Waals surface area contributed by atoms with Crippen LogP contribution in [0.15, 0.2) is 48.5 Å². The van der Waals surface area contributed by atoms with Gasteiger partial charge in [0.2, 0.25) is 0 Å². The molecule has 112 valence electrons. The van der Waals surface area contributed by atoms with Gasteiger partial charge in [0.1, 0.15) is 5.82 Å². The molecule has 2 aromatic carbocycles. The summed E-state index contributed by atoms with van der Waals surface area (Å²) in [5.74, 6) is 0.980. The van der Waals surface area contributed by atoms with E-state index in [0.717, 1.165) is 23.4 Å². The number of hydrogen-bond donors (Lipinski definition) is 1. The largest absolute Gasteiger partial charge is 0.338 e. The number of aromatic nitrogens is 2. The highest BCUT2D eigenvalue weighted by Gasteiger charge is 2.14. The molecule has 1 saturated heterocycles. The Hall–Kier alpha value is -2.13. The summed E-state index contributed by atoms with van der Waals surface area (Å²) in [4.78, 5) is 10.8. The zero-order valence-electron chi connectivity index (χ0n) is 12.8. The van der Waals surface area contributed by atoms with Crippen molar-refractivity contribution in [3.8, 4) is 11.4 Å². The summed E-state index contributed by atoms with van der Waals surface area (Å²) in [6.45, 7) is 3.45. The van der Waals surface area contributed by atoms with Gasteiger partial charge in [-0.05, 0) is 43.6 Å². The van der Waals surface area contributed by atoms with Gasteiger partial charge in [0, 0.05) is 12.1 Å². The molecule has 1 aliphatic heterocycles. The van der Waals surface area contributed by atoms with E-state index in [4.69, 9.17) is 4.98 Å². The minimum atomic E-state index is 0.980. The van der Waals surface area contributed by atoms with Crippen molar-refractivity contribution in [1.29, 1.82) is 0 Å². The number of imidazole rings is 1. The zero-order valence-corrected chi connectivity index (χ0v) is 12.8. The molecular weight excluding hydrogens is 270 g/mol. The fourth-order valence-electron chi connectivity index (χ4n) is 3.33. The van der Waals surface area contributed by atoms with Crippen LogP contribution >= 0.6 is 0 Å². The van der Waals surface area contributed by atoms with E-state index < -0.39 is 0 Å². The molecule has 0 bridgehead atoms. The molecule has 0 amide bonds. The molecule has 0 spiro atoms. The minimum Gasteiger partial charge on any atom is -0.338 e. The first-order valence-electron chi connectivity index (χ1n) is 8.15. The molecule has 0 aliphatic carbocycles. The van der Waals surface area contributed by atoms with E-state index in [9.17, 15) is 0 Å². The molecule has 1 N–H and O–H groups in total. The van der Waals surface area contributed by atoms with Gasteiger partial charge in [0.15, 0.2) is 0 Å². The topological polar surface area (TPSA) is 31.9 Å². The lowest BCUT2D eigenvalue weighted by molar-refractivity contribution is 0.221. The number of piperidine rings is 1. The average Bonchev–Trinajstić information content (AvgIpc) is 3.00. The summed E-state index contributed by atoms with van der Waals surface area (Å²) in [5, 5.41) is 0. The Morgan fingerprint density at radius 3 is 2.55 bits per heavy atom. The lowest BCUT2D eigenvalue weighted by Gasteiger charge is -2.27. The van der Waals surface area contributed by atoms with Crippen molar-refractivity contribution >= 4 is 11.0 Å². The second kappa shape index (κ2) is 5.93. The first-order valence-corrected chi connectivity index (χ1v) is 8.15. The molecule has 4 rings (SSSR count). The number of fused-ring (bicyclic) bond motifs is 1. The number of nitrogens with one attached hydrogen (secondary N) is 1. The van der Waals surface area contributed by atoms with Crippen molar-refractivity contribution < 1.29 is 0 Å². The number of aromatic amines is 1. The summed E-state index contributed by atoms with van der Waals surface area (Å²) in [7, 11) is 0. The Balaban J connectivity index is 1.68. The maximum absolute atomic E-state index is 4.76. The predicted molar refractivity (Wildman–Crippen MR) is 90.7 cm³/mol. The number of rotatable bonds is 3. The van der Waals surface area contributed by atoms with Gasteiger partial charge < -0.3 is 4.98 Å². The minimum absolute atomic E-state index is 0.980. The van der Waals surface area contributed by atoms with Gasteiger partial charge in [-0.1, -0.05) is 42.8 Å². The third kappa shape index (κ3) is 2.64. The van der Waals surface area contributed by atoms with Gasteiger partial charge in [-0.15, -0.1) is 0 Å². The van der Waals surface area contributed by atoms with Crippen LogP contribution in [-0.2, 0) is 6.54 Å². The maximum Gasteiger partial charge on any atom is 0.138 e. The lowest BCUT2D eigenvalue weighted by Crippen LogP contribution is -2.29. The van der Waals surface area contributed by atoms with E-state index in [-0.39, 0.29) is 0 Å². The van der Waals surface area contributed by atoms with Crippen molar-refractivity contribution in [2.75, 3.05) is 13.1 Å². The van der Waals surface area contributed by atoms with E-state index >= 15 is 0 Å². The van der Waals surface area contributed by atoms with Gasteiger partial charge in [-0.25, -0.2) is 4.98 Å². The number of nitrogens with zero attached hydrogens (tertiary/aromatic N) is 2. The van der Waals surface area contributed by atoms with Crippen LogP contribution in [0.4, 0.5) is 0 Å². The molecule has 3 heteroatoms. The molecule has 0 unspecified atom stereocenters. The van der Waals surface area contributed by atoms with Crippen LogP contribution in [-0.4, -0.2) is 28.0 Å². The number of para-hydroxylation sites is 2. The highest BCUT2D eigenvalue weighted by atomic mass is 15.1. The van der Waals surface area contributed by atoms with E-state index in [2.05, 4.69) is 46.3 Å². The third-order valence-electron chi connectivity index (χ3n) is 4.50. The smallest absolute Gasteiger partial charge is 0.138 e. The van der Waals surface area contributed by atoms with Crippen molar-refractivity contribution in [2.24, 2.45) is 0 Å². The molecule has 1 aliphatic rings. The number of hydrogen-bond acceptors (Lipinski definition) is 2. The van der Waals surface area contributed by atoms with Crippen LogP contribution < -0.4 is 0 Å². The molecule has 2 heterocycles. The standard InChI is InChI=1S/C19H21N3/c1-6-12-22(13-7-1)14-15-8-2-3-9-16(15)19-20-17-10-4-5-11-18(17)21-19/h2-5,8-11H,1,6-7,12-14H2,(H,20,21). The first kappa shape index (κ1) is 13.5. The van der Waals surface area contributed by atoms with Crippen molar-refractivity contribution in [3.05, 3.63) is 54.1 Å². The van der Waals surface area contributed by atoms with Crippen LogP contribution in [0.5, 0.6) is 0 Å². The lowest BCUT2D eigenvalue weighted by atomic mass is 10.0. The predicted octanol–water partition coefficient (Wildman–Crippen LogP) is 4.22. The molecule has 0 atom stereocenters. The summed E-state index contributed by atoms with van der Waals surface area (Å²) < 4.78 is 0. The SMILES string of the molecule is c1ccc(-c2nc3ccccc3[nH]2)c(CN2CCCCC2)c1. The van der Waals surface area contributed by atoms with E-state index in [1.165, 1.54) is 43.5 Å². The Labute approximate surface area is 131 Å². The summed E-state index contributed by atoms with van der Waals surface area (Å²) >= 11 is 0. The van der Waals surface area contributed by atoms with Gasteiger partial charge in [0.05, 0.1) is 11.0 Å². The molecule has 0 saturated carbocycles. The summed E-state index contributed by atoms with van der Waals surface area (Å²) in [6, 6.07) is 16.9. The molecule has 1 aromatic heterocycles. The van der Waals surface area contributed by atoms with Gasteiger partial charge in [-0.2, -0.15) is 0 Å². The van der Waals surface area contributed by atoms with E-state index in [1.807, 2.05) is 12.1 Å². The highest BCUT2D eigenvalue weighted by Crippen LogP contribution is 2.25. The number of benzene rings is 2. The van der Waals surface area contributed by atoms with Crippen LogP contribution in [0.2, 0.25) is 0 Å². The second-order valence-electron chi connectivity index (χ2n) is 6.10. The van der Waals surface area contributed by atoms with Crippen LogP contribution in [0.3, 0.4) is 0 Å². The van der Waals surface area contributed by atoms with Gasteiger partial charge in [-0.3, -0.25) is 4.90 Å². The second-order valence-corrected chi connectivity index (χ2v) is 6.10. The van der Waals surface area contributed by atoms with Crippen LogP contribution in [0, 0.1) is 0 Å². The first-order chi connectivity index (χ1) is 10.9. The highest BCUT2D eigenvalue weighted by molar-refractivity contribution is 5.79. The van der Waals surface area contributed by atoms with Crippen LogP contribution in [0.25, 0.3) is 22.4 Å². The number of likely N-dealkylation sites (tertiary alicyclic amines) is 1. The molecule has 3 aromatic rings. The van der Waals surface area contributed by atoms with Gasteiger partial charge >= 0.3 is 0 Å². The quantitative estimate of drug-likeness (QED) is 0.783. The van der Waals surface area contributed by atoms with Crippen molar-refractivity contribution in [3.63, 3.8) is 0 Å². The Morgan fingerprint density at radius 1 is 0.909 bits per heavy atom. The monoisotopic (exact) mass is 291 g/mol.